The molecule has 3 rings (SSSR count). The minimum absolute atomic E-state index is 0.104. The summed E-state index contributed by atoms with van der Waals surface area (Å²) in [6.45, 7) is 4.67. The summed E-state index contributed by atoms with van der Waals surface area (Å²) in [7, 11) is 0. The molecule has 4 nitrogen and oxygen atoms in total. The van der Waals surface area contributed by atoms with Crippen molar-refractivity contribution in [2.45, 2.75) is 26.3 Å². The number of anilines is 1. The fourth-order valence-corrected chi connectivity index (χ4v) is 4.22. The van der Waals surface area contributed by atoms with Gasteiger partial charge in [0.2, 0.25) is 0 Å². The van der Waals surface area contributed by atoms with Gasteiger partial charge in [-0.15, -0.1) is 0 Å². The molecule has 1 saturated heterocycles. The first kappa shape index (κ1) is 14.3. The van der Waals surface area contributed by atoms with Gasteiger partial charge < -0.3 is 5.32 Å². The van der Waals surface area contributed by atoms with Gasteiger partial charge in [-0.25, -0.2) is 0 Å². The topological polar surface area (TPSA) is 60.7 Å². The van der Waals surface area contributed by atoms with Gasteiger partial charge in [0, 0.05) is 23.5 Å². The molecule has 1 atom stereocenters. The van der Waals surface area contributed by atoms with Crippen LogP contribution in [-0.2, 0) is 0 Å². The van der Waals surface area contributed by atoms with Gasteiger partial charge in [-0.2, -0.15) is 11.8 Å². The predicted molar refractivity (Wildman–Crippen MR) is 90.0 cm³/mol. The van der Waals surface area contributed by atoms with Crippen LogP contribution in [0.3, 0.4) is 0 Å². The third-order valence-corrected chi connectivity index (χ3v) is 5.31. The smallest absolute Gasteiger partial charge is 0.264 e. The molecule has 0 saturated carbocycles. The predicted octanol–water partition coefficient (Wildman–Crippen LogP) is 3.31. The maximum Gasteiger partial charge on any atom is 0.264 e. The molecule has 1 aromatic carbocycles. The number of H-pyrrole nitrogens is 2. The Hall–Kier alpha value is -1.62. The SMILES string of the molecule is CC1(C)CCSCC1Nc1ccc(-c2cc(=O)[nH][nH]2)cc1. The summed E-state index contributed by atoms with van der Waals surface area (Å²) in [5.41, 5.74) is 3.19. The Balaban J connectivity index is 1.74. The van der Waals surface area contributed by atoms with E-state index in [1.807, 2.05) is 23.9 Å². The van der Waals surface area contributed by atoms with Gasteiger partial charge in [-0.1, -0.05) is 26.0 Å². The number of benzene rings is 1. The Kier molecular flexibility index (Phi) is 3.85. The Labute approximate surface area is 128 Å². The largest absolute Gasteiger partial charge is 0.381 e. The highest BCUT2D eigenvalue weighted by molar-refractivity contribution is 7.99. The summed E-state index contributed by atoms with van der Waals surface area (Å²) in [4.78, 5) is 11.2. The molecular weight excluding hydrogens is 282 g/mol. The number of aromatic amines is 2. The van der Waals surface area contributed by atoms with Gasteiger partial charge in [-0.05, 0) is 35.3 Å². The van der Waals surface area contributed by atoms with E-state index in [-0.39, 0.29) is 5.56 Å². The summed E-state index contributed by atoms with van der Waals surface area (Å²) in [5, 5.41) is 9.09. The normalized spacial score (nSPS) is 21.1. The molecule has 0 radical (unpaired) electrons. The van der Waals surface area contributed by atoms with Gasteiger partial charge in [-0.3, -0.25) is 15.0 Å². The van der Waals surface area contributed by atoms with E-state index in [0.29, 0.717) is 11.5 Å². The summed E-state index contributed by atoms with van der Waals surface area (Å²) in [6, 6.07) is 10.3. The molecule has 1 unspecified atom stereocenters. The van der Waals surface area contributed by atoms with E-state index in [1.54, 1.807) is 6.07 Å². The molecule has 5 heteroatoms. The van der Waals surface area contributed by atoms with Crippen molar-refractivity contribution in [3.05, 3.63) is 40.7 Å². The molecule has 0 amide bonds. The van der Waals surface area contributed by atoms with E-state index >= 15 is 0 Å². The summed E-state index contributed by atoms with van der Waals surface area (Å²) >= 11 is 2.02. The van der Waals surface area contributed by atoms with Crippen molar-refractivity contribution in [1.29, 1.82) is 0 Å². The second-order valence-electron chi connectivity index (χ2n) is 6.26. The maximum absolute atomic E-state index is 11.2. The van der Waals surface area contributed by atoms with Crippen molar-refractivity contribution in [3.8, 4) is 11.3 Å². The van der Waals surface area contributed by atoms with Crippen molar-refractivity contribution in [1.82, 2.24) is 10.2 Å². The molecule has 1 aliphatic rings. The van der Waals surface area contributed by atoms with Crippen LogP contribution in [0.15, 0.2) is 35.1 Å². The third-order valence-electron chi connectivity index (χ3n) is 4.25. The zero-order valence-electron chi connectivity index (χ0n) is 12.4. The monoisotopic (exact) mass is 303 g/mol. The fraction of sp³-hybridized carbons (Fsp3) is 0.438. The highest BCUT2D eigenvalue weighted by atomic mass is 32.2. The van der Waals surface area contributed by atoms with Crippen LogP contribution in [0.4, 0.5) is 5.69 Å². The van der Waals surface area contributed by atoms with E-state index in [0.717, 1.165) is 22.7 Å². The average molecular weight is 303 g/mol. The van der Waals surface area contributed by atoms with E-state index in [2.05, 4.69) is 41.5 Å². The lowest BCUT2D eigenvalue weighted by atomic mass is 9.82. The van der Waals surface area contributed by atoms with Crippen LogP contribution in [0, 0.1) is 5.41 Å². The zero-order chi connectivity index (χ0) is 14.9. The molecule has 0 bridgehead atoms. The standard InChI is InChI=1S/C16H21N3OS/c1-16(2)7-8-21-10-14(16)17-12-5-3-11(4-6-12)13-9-15(20)19-18-13/h3-6,9,14,17H,7-8,10H2,1-2H3,(H2,18,19,20). The van der Waals surface area contributed by atoms with Crippen molar-refractivity contribution in [2.75, 3.05) is 16.8 Å². The van der Waals surface area contributed by atoms with Gasteiger partial charge in [0.05, 0.1) is 5.69 Å². The molecule has 3 N–H and O–H groups in total. The van der Waals surface area contributed by atoms with Crippen LogP contribution < -0.4 is 10.9 Å². The number of hydrogen-bond acceptors (Lipinski definition) is 3. The first-order valence-corrected chi connectivity index (χ1v) is 8.42. The van der Waals surface area contributed by atoms with Crippen LogP contribution in [0.25, 0.3) is 11.3 Å². The van der Waals surface area contributed by atoms with Crippen LogP contribution in [-0.4, -0.2) is 27.7 Å². The van der Waals surface area contributed by atoms with Crippen LogP contribution >= 0.6 is 11.8 Å². The fourth-order valence-electron chi connectivity index (χ4n) is 2.61. The average Bonchev–Trinajstić information content (AvgIpc) is 2.89. The Morgan fingerprint density at radius 1 is 1.24 bits per heavy atom. The summed E-state index contributed by atoms with van der Waals surface area (Å²) < 4.78 is 0. The molecule has 2 aromatic rings. The van der Waals surface area contributed by atoms with Crippen LogP contribution in [0.5, 0.6) is 0 Å². The highest BCUT2D eigenvalue weighted by Crippen LogP contribution is 2.36. The second-order valence-corrected chi connectivity index (χ2v) is 7.41. The van der Waals surface area contributed by atoms with E-state index in [9.17, 15) is 4.79 Å². The lowest BCUT2D eigenvalue weighted by Gasteiger charge is -2.39. The molecule has 112 valence electrons. The number of hydrogen-bond donors (Lipinski definition) is 3. The van der Waals surface area contributed by atoms with E-state index in [4.69, 9.17) is 0 Å². The maximum atomic E-state index is 11.2. The Morgan fingerprint density at radius 2 is 2.00 bits per heavy atom. The highest BCUT2D eigenvalue weighted by Gasteiger charge is 2.32. The minimum Gasteiger partial charge on any atom is -0.381 e. The lowest BCUT2D eigenvalue weighted by Crippen LogP contribution is -2.41. The molecule has 1 aliphatic heterocycles. The molecule has 1 fully saturated rings. The molecule has 2 heterocycles. The van der Waals surface area contributed by atoms with Crippen molar-refractivity contribution >= 4 is 17.4 Å². The molecule has 0 aliphatic carbocycles. The van der Waals surface area contributed by atoms with Gasteiger partial charge in [0.25, 0.3) is 5.56 Å². The van der Waals surface area contributed by atoms with Gasteiger partial charge in [0.15, 0.2) is 0 Å². The lowest BCUT2D eigenvalue weighted by molar-refractivity contribution is 0.305. The zero-order valence-corrected chi connectivity index (χ0v) is 13.2. The summed E-state index contributed by atoms with van der Waals surface area (Å²) in [5.74, 6) is 2.41. The van der Waals surface area contributed by atoms with Crippen molar-refractivity contribution in [3.63, 3.8) is 0 Å². The summed E-state index contributed by atoms with van der Waals surface area (Å²) in [6.07, 6.45) is 1.25. The molecule has 1 aromatic heterocycles. The number of thioether (sulfide) groups is 1. The Bertz CT molecular complexity index is 657. The second kappa shape index (κ2) is 5.64. The molecular formula is C16H21N3OS. The van der Waals surface area contributed by atoms with Crippen LogP contribution in [0.2, 0.25) is 0 Å². The first-order valence-electron chi connectivity index (χ1n) is 7.27. The van der Waals surface area contributed by atoms with Gasteiger partial charge >= 0.3 is 0 Å². The minimum atomic E-state index is -0.104. The Morgan fingerprint density at radius 3 is 2.62 bits per heavy atom. The quantitative estimate of drug-likeness (QED) is 0.815. The van der Waals surface area contributed by atoms with E-state index < -0.39 is 0 Å². The van der Waals surface area contributed by atoms with Crippen LogP contribution in [0.1, 0.15) is 20.3 Å². The van der Waals surface area contributed by atoms with E-state index in [1.165, 1.54) is 12.2 Å². The number of aromatic nitrogens is 2. The van der Waals surface area contributed by atoms with Crippen molar-refractivity contribution < 1.29 is 0 Å². The molecule has 0 spiro atoms. The number of rotatable bonds is 3. The van der Waals surface area contributed by atoms with Gasteiger partial charge in [0.1, 0.15) is 0 Å². The first-order chi connectivity index (χ1) is 10.0. The molecule has 21 heavy (non-hydrogen) atoms. The number of nitrogens with one attached hydrogen (secondary N) is 3. The third kappa shape index (κ3) is 3.18. The van der Waals surface area contributed by atoms with Crippen molar-refractivity contribution in [2.24, 2.45) is 5.41 Å².